The monoisotopic (exact) mass is 1740 g/mol. The van der Waals surface area contributed by atoms with Crippen molar-refractivity contribution < 1.29 is 38.2 Å². The number of halogens is 3. The summed E-state index contributed by atoms with van der Waals surface area (Å²) in [4.78, 5) is 90.9. The lowest BCUT2D eigenvalue weighted by molar-refractivity contribution is -0.136. The van der Waals surface area contributed by atoms with Gasteiger partial charge in [-0.3, -0.25) is 38.3 Å². The van der Waals surface area contributed by atoms with Gasteiger partial charge in [-0.2, -0.15) is 15.7 Å². The Morgan fingerprint density at radius 1 is 0.568 bits per heavy atom. The van der Waals surface area contributed by atoms with E-state index in [4.69, 9.17) is 17.1 Å². The number of nitrogens with one attached hydrogen (secondary N) is 4. The molecule has 4 amide bonds. The molecule has 4 saturated heterocycles. The summed E-state index contributed by atoms with van der Waals surface area (Å²) in [5.41, 5.74) is 11.8. The fourth-order valence-electron chi connectivity index (χ4n) is 15.3. The quantitative estimate of drug-likeness (QED) is 0.0132. The molecule has 10 aromatic rings. The van der Waals surface area contributed by atoms with Crippen LogP contribution >= 0.6 is 11.6 Å². The number of hydrogen-bond donors (Lipinski definition) is 9. The molecule has 6 aromatic heterocycles. The molecule has 12 N–H and O–H groups in total. The third-order valence-corrected chi connectivity index (χ3v) is 22.0. The fourth-order valence-corrected chi connectivity index (χ4v) is 15.4. The molecule has 4 aromatic carbocycles. The number of likely N-dealkylation sites (tertiary alicyclic amines) is 1. The van der Waals surface area contributed by atoms with Gasteiger partial charge in [0.15, 0.2) is 11.6 Å². The van der Waals surface area contributed by atoms with Gasteiger partial charge in [0.25, 0.3) is 0 Å². The fraction of sp³-hybridized carbons (Fsp3) is 0.415. The number of nitrogens with two attached hydrogens (primary N) is 3. The van der Waals surface area contributed by atoms with Crippen LogP contribution in [0.3, 0.4) is 0 Å². The SMILES string of the molecule is CC(O)C1(C(=O)Nc2ccc3c(c2)c(-c2ccc(F)cc2)nn3C)CCN(CC(=O)N2CCN(c3ccc(-c4ncccn4)cn3)C[C@H]2C)C1.CC(O)C1(C(=O)Nc2ccc3c(c2)c(-c2ccc(F)cc2)nn3C)CCNC1.CCN(C(C)C)C(C)C.C[C@@H]1CN(c2ccc(-c3ncccn3)cn2)CCN1C(=O)CCl.N/N=N/N=N/N.N=N/N=N/N=N/N=N/N. The summed E-state index contributed by atoms with van der Waals surface area (Å²) >= 11 is 5.65. The highest BCUT2D eigenvalue weighted by atomic mass is 35.5. The summed E-state index contributed by atoms with van der Waals surface area (Å²) in [5, 5.41) is 71.7. The van der Waals surface area contributed by atoms with Gasteiger partial charge in [-0.15, -0.1) is 11.6 Å². The number of aliphatic hydroxyl groups excluding tert-OH is 2. The van der Waals surface area contributed by atoms with Gasteiger partial charge in [0.05, 0.1) is 40.6 Å². The van der Waals surface area contributed by atoms with Crippen LogP contribution in [0.15, 0.2) is 216 Å². The number of anilines is 4. The van der Waals surface area contributed by atoms with Gasteiger partial charge in [0.1, 0.15) is 40.5 Å². The Bertz CT molecular complexity index is 5280. The van der Waals surface area contributed by atoms with E-state index in [1.54, 1.807) is 96.8 Å². The maximum Gasteiger partial charge on any atom is 0.237 e. The smallest absolute Gasteiger partial charge is 0.237 e. The van der Waals surface area contributed by atoms with E-state index in [1.807, 2.05) is 103 Å². The number of carbonyl (C=O) groups is 4. The maximum absolute atomic E-state index is 13.9. The lowest BCUT2D eigenvalue weighted by Crippen LogP contribution is -2.56. The van der Waals surface area contributed by atoms with E-state index < -0.39 is 23.0 Å². The number of aryl methyl sites for hydroxylation is 2. The standard InChI is InChI=1S/C37H40FN9O3.C21H23FN4O2.C16H18ClN5O.C8H19N.H3N9.H4N6/c1-24-21-46(32-12-7-27(20-41-32)35-39-14-4-15-40-35)17-18-47(24)33(49)22-45-16-13-37(23-45,25(2)48)36(50)42-29-10-11-31-30(19-29)34(43-44(31)3)26-5-8-28(38)9-6-26;1-13(27)21(9-10-23-12-21)20(28)24-16-7-8-18-17(11-16)19(25-26(18)2)14-3-5-15(22)6-4-14;1-12-11-21(7-8-22(12)15(23)9-17)14-4-3-13(10-20-14)16-18-5-2-6-19-16;1-6-9(7(2)3)8(4)5;1-3-5-7-9-8-6-4-2;1-3-5-6-4-2/h4-12,14-15,19-20,24-25,48H,13,16-18,21-23H2,1-3H3,(H,42,50);3-8,11,13,23,27H,9-10,12H2,1-2H3,(H,24,28);2-6,10,12H,7-9,11H2,1H3;7-8H,6H2,1-5H3;(H3,1,2,5,6,9);(H2,1,4,5)(H2,2,3,6)/t24-,25?,37?;;12-;;;/m1.1.../s1. The van der Waals surface area contributed by atoms with Crippen LogP contribution in [0.5, 0.6) is 0 Å². The Morgan fingerprint density at radius 3 is 1.37 bits per heavy atom. The predicted molar refractivity (Wildman–Crippen MR) is 469 cm³/mol. The molecule has 125 heavy (non-hydrogen) atoms. The van der Waals surface area contributed by atoms with Crippen LogP contribution in [0.2, 0.25) is 0 Å². The largest absolute Gasteiger partial charge is 0.392 e. The molecule has 4 fully saturated rings. The first-order valence-corrected chi connectivity index (χ1v) is 40.9. The summed E-state index contributed by atoms with van der Waals surface area (Å²) in [7, 11) is 3.68. The Kier molecular flexibility index (Phi) is 35.4. The molecule has 0 spiro atoms. The molecule has 43 heteroatoms. The maximum atomic E-state index is 13.9. The molecule has 0 saturated carbocycles. The van der Waals surface area contributed by atoms with Gasteiger partial charge in [-0.1, -0.05) is 22.6 Å². The molecule has 10 heterocycles. The average Bonchev–Trinajstić information content (AvgIpc) is 1.63. The number of rotatable bonds is 22. The molecule has 4 aliphatic heterocycles. The molecule has 662 valence electrons. The van der Waals surface area contributed by atoms with Gasteiger partial charge in [-0.25, -0.2) is 38.7 Å². The van der Waals surface area contributed by atoms with Gasteiger partial charge in [-0.05, 0) is 251 Å². The summed E-state index contributed by atoms with van der Waals surface area (Å²) in [6.45, 7) is 25.8. The topological polar surface area (TPSA) is 515 Å². The summed E-state index contributed by atoms with van der Waals surface area (Å²) < 4.78 is 30.4. The predicted octanol–water partition coefficient (Wildman–Crippen LogP) is 11.1. The Labute approximate surface area is 726 Å². The number of amides is 4. The van der Waals surface area contributed by atoms with Crippen molar-refractivity contribution in [1.29, 1.82) is 5.53 Å². The van der Waals surface area contributed by atoms with Gasteiger partial charge in [0.2, 0.25) is 23.6 Å². The zero-order chi connectivity index (χ0) is 90.3. The van der Waals surface area contributed by atoms with E-state index in [0.717, 1.165) is 81.0 Å². The van der Waals surface area contributed by atoms with E-state index in [1.165, 1.54) is 24.3 Å². The van der Waals surface area contributed by atoms with Crippen molar-refractivity contribution in [2.24, 2.45) is 99.9 Å². The second-order valence-electron chi connectivity index (χ2n) is 30.3. The van der Waals surface area contributed by atoms with Crippen molar-refractivity contribution in [2.75, 3.05) is 105 Å². The van der Waals surface area contributed by atoms with E-state index in [2.05, 4.69) is 180 Å². The van der Waals surface area contributed by atoms with E-state index in [0.29, 0.717) is 99.5 Å². The summed E-state index contributed by atoms with van der Waals surface area (Å²) in [6, 6.07) is 36.4. The van der Waals surface area contributed by atoms with Gasteiger partial charge >= 0.3 is 0 Å². The number of aromatic nitrogens is 10. The van der Waals surface area contributed by atoms with Crippen molar-refractivity contribution in [2.45, 2.75) is 112 Å². The van der Waals surface area contributed by atoms with E-state index in [-0.39, 0.29) is 66.3 Å². The molecule has 40 nitrogen and oxygen atoms in total. The van der Waals surface area contributed by atoms with E-state index >= 15 is 0 Å². The normalized spacial score (nSPS) is 18.3. The Morgan fingerprint density at radius 2 is 0.992 bits per heavy atom. The van der Waals surface area contributed by atoms with Crippen LogP contribution < -0.4 is 43.3 Å². The number of nitrogens with zero attached hydrogens (tertiary/aromatic N) is 27. The van der Waals surface area contributed by atoms with Crippen molar-refractivity contribution in [3.8, 4) is 45.3 Å². The molecule has 14 rings (SSSR count). The number of benzene rings is 4. The molecule has 0 radical (unpaired) electrons. The van der Waals surface area contributed by atoms with Crippen molar-refractivity contribution in [3.05, 3.63) is 170 Å². The third kappa shape index (κ3) is 25.2. The number of fused-ring (bicyclic) bond motifs is 2. The third-order valence-electron chi connectivity index (χ3n) is 21.8. The van der Waals surface area contributed by atoms with E-state index in [9.17, 15) is 38.2 Å². The highest BCUT2D eigenvalue weighted by Gasteiger charge is 2.49. The summed E-state index contributed by atoms with van der Waals surface area (Å²) in [6.07, 6.45) is 9.70. The van der Waals surface area contributed by atoms with Crippen LogP contribution in [0.1, 0.15) is 75.2 Å². The Balaban J connectivity index is 0.000000198. The van der Waals surface area contributed by atoms with Crippen LogP contribution in [0.4, 0.5) is 31.8 Å². The minimum absolute atomic E-state index is 0.00108. The number of hydrogen-bond acceptors (Lipinski definition) is 23. The van der Waals surface area contributed by atoms with Gasteiger partial charge in [0, 0.05) is 172 Å². The number of aliphatic hydroxyl groups is 2. The van der Waals surface area contributed by atoms with Gasteiger partial charge < -0.3 is 63.3 Å². The highest BCUT2D eigenvalue weighted by Crippen LogP contribution is 2.39. The molecule has 0 aliphatic carbocycles. The van der Waals surface area contributed by atoms with Crippen LogP contribution in [-0.2, 0) is 33.3 Å². The van der Waals surface area contributed by atoms with Crippen LogP contribution in [-0.4, -0.2) is 224 Å². The minimum atomic E-state index is -1.09. The molecular weight excluding hydrogens is 1630 g/mol. The highest BCUT2D eigenvalue weighted by molar-refractivity contribution is 6.27. The number of alkyl halides is 1. The zero-order valence-corrected chi connectivity index (χ0v) is 72.3. The number of pyridine rings is 2. The molecular formula is C82H107ClF2N34O6. The van der Waals surface area contributed by atoms with Crippen LogP contribution in [0, 0.1) is 28.0 Å². The van der Waals surface area contributed by atoms with Crippen LogP contribution in [0.25, 0.3) is 67.1 Å². The zero-order valence-electron chi connectivity index (χ0n) is 71.5. The first-order valence-electron chi connectivity index (χ1n) is 40.3. The minimum Gasteiger partial charge on any atom is -0.392 e. The van der Waals surface area contributed by atoms with Crippen molar-refractivity contribution in [1.82, 2.24) is 74.4 Å². The molecule has 4 aliphatic rings. The first-order chi connectivity index (χ1) is 60.1. The second kappa shape index (κ2) is 46.3. The molecule has 6 atom stereocenters. The Hall–Kier alpha value is -13.3. The van der Waals surface area contributed by atoms with Crippen molar-refractivity contribution >= 4 is 80.0 Å². The second-order valence-corrected chi connectivity index (χ2v) is 30.6. The molecule has 0 bridgehead atoms. The first kappa shape index (κ1) is 95.5. The number of carbonyl (C=O) groups excluding carboxylic acids is 4. The molecule has 4 unspecified atom stereocenters. The lowest BCUT2D eigenvalue weighted by atomic mass is 9.80. The lowest BCUT2D eigenvalue weighted by Gasteiger charge is -2.41. The number of piperazine rings is 2. The van der Waals surface area contributed by atoms with Crippen molar-refractivity contribution in [3.63, 3.8) is 0 Å². The summed E-state index contributed by atoms with van der Waals surface area (Å²) in [5.74, 6) is 15.4. The average molecular weight is 1740 g/mol.